The standard InChI is InChI=1S/2C9H7.C4H11Si.2ClH.Hf/c2*1-2-5-9-7-3-6-8(9)4-1;1-3-5-4-2;;;/h2*1-7H;5H,3-4H2,1-2H3;2*1H;/q;;;;;+2/p-2. The minimum absolute atomic E-state index is 0. The van der Waals surface area contributed by atoms with Crippen LogP contribution in [0.3, 0.4) is 0 Å². The van der Waals surface area contributed by atoms with Gasteiger partial charge in [-0.1, -0.05) is 0 Å². The van der Waals surface area contributed by atoms with Crippen molar-refractivity contribution >= 4 is 18.1 Å². The smallest absolute Gasteiger partial charge is 1.00 e. The molecule has 0 amide bonds. The molecule has 4 rings (SSSR count). The molecule has 0 heterocycles. The Morgan fingerprint density at radius 2 is 1.15 bits per heavy atom. The third-order valence-corrected chi connectivity index (χ3v) is 42.3. The van der Waals surface area contributed by atoms with E-state index in [4.69, 9.17) is 0 Å². The van der Waals surface area contributed by atoms with Gasteiger partial charge in [0.25, 0.3) is 0 Å². The van der Waals surface area contributed by atoms with E-state index in [-0.39, 0.29) is 24.8 Å². The molecule has 0 nitrogen and oxygen atoms in total. The molecule has 2 unspecified atom stereocenters. The fraction of sp³-hybridized carbons (Fsp3) is 0.273. The van der Waals surface area contributed by atoms with Gasteiger partial charge in [-0.2, -0.15) is 0 Å². The summed E-state index contributed by atoms with van der Waals surface area (Å²) >= 11 is -1.89. The van der Waals surface area contributed by atoms with Crippen molar-refractivity contribution in [3.8, 4) is 0 Å². The Labute approximate surface area is 178 Å². The third-order valence-electron chi connectivity index (χ3n) is 5.77. The molecule has 26 heavy (non-hydrogen) atoms. The molecule has 4 heteroatoms. The van der Waals surface area contributed by atoms with E-state index in [2.05, 4.69) is 86.7 Å². The molecule has 0 N–H and O–H groups in total. The predicted octanol–water partition coefficient (Wildman–Crippen LogP) is -0.0876. The quantitative estimate of drug-likeness (QED) is 0.444. The van der Waals surface area contributed by atoms with Crippen molar-refractivity contribution in [2.24, 2.45) is 0 Å². The number of hydrogen-bond acceptors (Lipinski definition) is 0. The molecule has 2 aliphatic rings. The maximum Gasteiger partial charge on any atom is -1.00 e. The molecule has 0 saturated heterocycles. The summed E-state index contributed by atoms with van der Waals surface area (Å²) < 4.78 is 1.62. The maximum atomic E-state index is 2.59. The molecule has 2 aromatic rings. The van der Waals surface area contributed by atoms with E-state index in [0.717, 1.165) is 7.35 Å². The third kappa shape index (κ3) is 3.89. The number of fused-ring (bicyclic) bond motifs is 2. The summed E-state index contributed by atoms with van der Waals surface area (Å²) in [5, 5.41) is 0. The predicted molar refractivity (Wildman–Crippen MR) is 105 cm³/mol. The van der Waals surface area contributed by atoms with Gasteiger partial charge in [0, 0.05) is 0 Å². The topological polar surface area (TPSA) is 0 Å². The zero-order valence-corrected chi connectivity index (χ0v) is 21.6. The van der Waals surface area contributed by atoms with Crippen molar-refractivity contribution in [1.82, 2.24) is 0 Å². The van der Waals surface area contributed by atoms with Gasteiger partial charge < -0.3 is 24.8 Å². The van der Waals surface area contributed by atoms with Gasteiger partial charge >= 0.3 is 155 Å². The molecule has 135 valence electrons. The first-order valence-electron chi connectivity index (χ1n) is 9.24. The Balaban J connectivity index is 0.00000121. The van der Waals surface area contributed by atoms with Crippen molar-refractivity contribution in [3.05, 3.63) is 82.9 Å². The molecule has 2 atom stereocenters. The minimum Gasteiger partial charge on any atom is -1.00 e. The fourth-order valence-electron chi connectivity index (χ4n) is 4.54. The van der Waals surface area contributed by atoms with E-state index in [1.54, 1.807) is 11.1 Å². The molecule has 0 spiro atoms. The summed E-state index contributed by atoms with van der Waals surface area (Å²) in [6.07, 6.45) is 10.00. The number of halogens is 2. The Kier molecular flexibility index (Phi) is 8.15. The van der Waals surface area contributed by atoms with Crippen molar-refractivity contribution < 1.29 is 45.4 Å². The molecule has 2 aromatic carbocycles. The second kappa shape index (κ2) is 9.68. The average Bonchev–Trinajstić information content (AvgIpc) is 3.24. The largest absolute Gasteiger partial charge is 1.00 e. The summed E-state index contributed by atoms with van der Waals surface area (Å²) in [4.78, 5) is 0. The van der Waals surface area contributed by atoms with Crippen LogP contribution < -0.4 is 24.8 Å². The molecule has 0 saturated carbocycles. The number of allylic oxidation sites excluding steroid dienone is 2. The van der Waals surface area contributed by atoms with Gasteiger partial charge in [0.05, 0.1) is 0 Å². The molecular weight excluding hydrogens is 542 g/mol. The zero-order valence-electron chi connectivity index (χ0n) is 15.3. The van der Waals surface area contributed by atoms with E-state index >= 15 is 0 Å². The van der Waals surface area contributed by atoms with Crippen LogP contribution in [0.4, 0.5) is 0 Å². The van der Waals surface area contributed by atoms with Crippen LogP contribution in [0.2, 0.25) is 12.1 Å². The molecular formula is C22H25Cl2HfSi. The van der Waals surface area contributed by atoms with Gasteiger partial charge in [-0.25, -0.2) is 0 Å². The SMILES string of the molecule is CC[SiH](CC)[Hf+2]([CH]1C=Cc2ccccc21)[CH]1C=Cc2ccccc21.[Cl-].[Cl-]. The number of hydrogen-bond donors (Lipinski definition) is 0. The van der Waals surface area contributed by atoms with Gasteiger partial charge in [0.15, 0.2) is 0 Å². The van der Waals surface area contributed by atoms with Crippen LogP contribution >= 0.6 is 0 Å². The van der Waals surface area contributed by atoms with Crippen LogP contribution in [-0.4, -0.2) is 5.98 Å². The first-order valence-corrected chi connectivity index (χ1v) is 21.8. The van der Waals surface area contributed by atoms with Crippen LogP contribution in [0, 0.1) is 0 Å². The van der Waals surface area contributed by atoms with Gasteiger partial charge in [-0.05, 0) is 0 Å². The van der Waals surface area contributed by atoms with E-state index in [0.29, 0.717) is 0 Å². The molecule has 0 bridgehead atoms. The molecule has 2 aliphatic carbocycles. The first kappa shape index (κ1) is 21.9. The van der Waals surface area contributed by atoms with Gasteiger partial charge in [0.1, 0.15) is 0 Å². The van der Waals surface area contributed by atoms with Crippen molar-refractivity contribution in [1.29, 1.82) is 0 Å². The summed E-state index contributed by atoms with van der Waals surface area (Å²) in [5.41, 5.74) is 6.27. The van der Waals surface area contributed by atoms with Crippen LogP contribution in [0.5, 0.6) is 0 Å². The van der Waals surface area contributed by atoms with Crippen molar-refractivity contribution in [2.45, 2.75) is 33.3 Å². The van der Waals surface area contributed by atoms with Crippen molar-refractivity contribution in [3.63, 3.8) is 0 Å². The van der Waals surface area contributed by atoms with E-state index < -0.39 is 26.6 Å². The van der Waals surface area contributed by atoms with E-state index in [9.17, 15) is 0 Å². The monoisotopic (exact) mass is 567 g/mol. The van der Waals surface area contributed by atoms with E-state index in [1.807, 2.05) is 0 Å². The van der Waals surface area contributed by atoms with Crippen LogP contribution in [-0.2, 0) is 20.6 Å². The maximum absolute atomic E-state index is 2.59. The summed E-state index contributed by atoms with van der Waals surface area (Å²) in [6.45, 7) is 4.94. The van der Waals surface area contributed by atoms with Crippen LogP contribution in [0.25, 0.3) is 12.2 Å². The summed E-state index contributed by atoms with van der Waals surface area (Å²) in [7, 11) is 0. The van der Waals surface area contributed by atoms with Gasteiger partial charge in [-0.3, -0.25) is 0 Å². The van der Waals surface area contributed by atoms with Gasteiger partial charge in [0.2, 0.25) is 0 Å². The molecule has 0 radical (unpaired) electrons. The molecule has 0 aliphatic heterocycles. The normalized spacial score (nSPS) is 18.9. The summed E-state index contributed by atoms with van der Waals surface area (Å²) in [6, 6.07) is 21.3. The molecule has 0 fully saturated rings. The molecule has 0 aromatic heterocycles. The minimum atomic E-state index is -1.89. The Morgan fingerprint density at radius 1 is 0.731 bits per heavy atom. The van der Waals surface area contributed by atoms with Crippen molar-refractivity contribution in [2.75, 3.05) is 0 Å². The van der Waals surface area contributed by atoms with Crippen LogP contribution in [0.1, 0.15) is 43.5 Å². The fourth-order valence-corrected chi connectivity index (χ4v) is 41.1. The average molecular weight is 567 g/mol. The Morgan fingerprint density at radius 3 is 1.58 bits per heavy atom. The second-order valence-corrected chi connectivity index (χ2v) is 32.3. The van der Waals surface area contributed by atoms with Crippen LogP contribution in [0.15, 0.2) is 60.7 Å². The zero-order chi connectivity index (χ0) is 16.5. The van der Waals surface area contributed by atoms with Gasteiger partial charge in [-0.15, -0.1) is 0 Å². The Bertz CT molecular complexity index is 737. The van der Waals surface area contributed by atoms with E-state index in [1.165, 1.54) is 23.2 Å². The number of rotatable bonds is 5. The second-order valence-electron chi connectivity index (χ2n) is 6.94. The number of benzene rings is 2. The first-order chi connectivity index (χ1) is 11.8. The summed E-state index contributed by atoms with van der Waals surface area (Å²) in [5.74, 6) is -0.621. The Hall–Kier alpha value is -0.413.